The Morgan fingerprint density at radius 3 is 1.71 bits per heavy atom. The number of esters is 4. The highest BCUT2D eigenvalue weighted by atomic mass is 16.6. The Morgan fingerprint density at radius 1 is 0.789 bits per heavy atom. The van der Waals surface area contributed by atoms with Crippen molar-refractivity contribution in [3.05, 3.63) is 12.2 Å². The number of fused-ring (bicyclic) bond motifs is 4. The SMILES string of the molecule is C=C(COC(=O)[C@@]12CC[C@@](C)(C(=O)O1)C2(C)C)[C@H]1CCCC[C@H]1COC(=O)[C@@]12CC[C@@](C)(C(=O)O1)C2(C)C. The van der Waals surface area contributed by atoms with Gasteiger partial charge in [-0.1, -0.05) is 47.1 Å². The van der Waals surface area contributed by atoms with Gasteiger partial charge in [-0.15, -0.1) is 0 Å². The van der Waals surface area contributed by atoms with Crippen molar-refractivity contribution in [1.82, 2.24) is 0 Å². The summed E-state index contributed by atoms with van der Waals surface area (Å²) in [6.45, 7) is 15.9. The van der Waals surface area contributed by atoms with Crippen molar-refractivity contribution >= 4 is 23.9 Å². The number of carbonyl (C=O) groups is 4. The van der Waals surface area contributed by atoms with Gasteiger partial charge in [0.1, 0.15) is 6.61 Å². The van der Waals surface area contributed by atoms with Crippen molar-refractivity contribution in [2.75, 3.05) is 13.2 Å². The second-order valence-corrected chi connectivity index (χ2v) is 13.8. The Labute approximate surface area is 225 Å². The molecule has 5 rings (SSSR count). The zero-order valence-corrected chi connectivity index (χ0v) is 23.7. The molecule has 0 aromatic carbocycles. The van der Waals surface area contributed by atoms with E-state index in [1.807, 2.05) is 41.5 Å². The van der Waals surface area contributed by atoms with Gasteiger partial charge in [-0.2, -0.15) is 0 Å². The van der Waals surface area contributed by atoms with Crippen LogP contribution in [0.4, 0.5) is 0 Å². The van der Waals surface area contributed by atoms with Gasteiger partial charge in [0.2, 0.25) is 11.2 Å². The molecular weight excluding hydrogens is 488 g/mol. The summed E-state index contributed by atoms with van der Waals surface area (Å²) in [5.41, 5.74) is -4.42. The fourth-order valence-corrected chi connectivity index (χ4v) is 8.03. The molecule has 0 aromatic heterocycles. The molecule has 2 saturated heterocycles. The molecule has 6 atom stereocenters. The Kier molecular flexibility index (Phi) is 5.95. The molecule has 5 aliphatic rings. The minimum absolute atomic E-state index is 0.0281. The molecule has 0 aromatic rings. The van der Waals surface area contributed by atoms with E-state index in [4.69, 9.17) is 18.9 Å². The fourth-order valence-electron chi connectivity index (χ4n) is 8.03. The molecule has 3 saturated carbocycles. The maximum absolute atomic E-state index is 13.4. The summed E-state index contributed by atoms with van der Waals surface area (Å²) in [7, 11) is 0. The van der Waals surface area contributed by atoms with Crippen LogP contribution >= 0.6 is 0 Å². The maximum atomic E-state index is 13.4. The lowest BCUT2D eigenvalue weighted by Gasteiger charge is -2.37. The van der Waals surface area contributed by atoms with Crippen molar-refractivity contribution in [3.63, 3.8) is 0 Å². The van der Waals surface area contributed by atoms with Crippen molar-refractivity contribution in [2.45, 2.75) is 104 Å². The van der Waals surface area contributed by atoms with Crippen LogP contribution in [0.2, 0.25) is 0 Å². The van der Waals surface area contributed by atoms with E-state index in [1.165, 1.54) is 0 Å². The quantitative estimate of drug-likeness (QED) is 0.265. The third kappa shape index (κ3) is 3.15. The number of carbonyl (C=O) groups excluding carboxylic acids is 4. The first kappa shape index (κ1) is 27.2. The van der Waals surface area contributed by atoms with E-state index < -0.39 is 44.8 Å². The average molecular weight is 531 g/mol. The molecular formula is C30H42O8. The maximum Gasteiger partial charge on any atom is 0.351 e. The van der Waals surface area contributed by atoms with Gasteiger partial charge >= 0.3 is 23.9 Å². The van der Waals surface area contributed by atoms with Crippen LogP contribution in [0.25, 0.3) is 0 Å². The van der Waals surface area contributed by atoms with Crippen LogP contribution in [0.1, 0.15) is 92.9 Å². The Morgan fingerprint density at radius 2 is 1.26 bits per heavy atom. The Hall–Kier alpha value is -2.38. The highest BCUT2D eigenvalue weighted by Crippen LogP contribution is 2.67. The molecule has 0 spiro atoms. The van der Waals surface area contributed by atoms with Gasteiger partial charge in [0.25, 0.3) is 0 Å². The van der Waals surface area contributed by atoms with Gasteiger partial charge in [0.15, 0.2) is 0 Å². The predicted octanol–water partition coefficient (Wildman–Crippen LogP) is 4.68. The Balaban J connectivity index is 1.21. The monoisotopic (exact) mass is 530 g/mol. The van der Waals surface area contributed by atoms with Gasteiger partial charge in [0, 0.05) is 10.8 Å². The van der Waals surface area contributed by atoms with Gasteiger partial charge in [-0.3, -0.25) is 9.59 Å². The van der Waals surface area contributed by atoms with E-state index in [9.17, 15) is 19.2 Å². The first-order valence-electron chi connectivity index (χ1n) is 14.1. The lowest BCUT2D eigenvalue weighted by molar-refractivity contribution is -0.184. The summed E-state index contributed by atoms with van der Waals surface area (Å²) < 4.78 is 23.0. The largest absolute Gasteiger partial charge is 0.462 e. The smallest absolute Gasteiger partial charge is 0.351 e. The third-order valence-electron chi connectivity index (χ3n) is 12.1. The van der Waals surface area contributed by atoms with Gasteiger partial charge in [-0.25, -0.2) is 9.59 Å². The molecule has 2 aliphatic heterocycles. The normalized spacial score (nSPS) is 41.9. The standard InChI is InChI=1S/C30H42O8/c1-18(16-35-23(33)29-14-12-27(6,21(31)37-29)25(29,2)3)20-11-9-8-10-19(20)17-36-24(34)30-15-13-28(7,22(32)38-30)26(30,4)5/h19-20H,1,8-17H2,2-7H3/t19-,20+,27-,28-,29+,30+/m0/s1. The van der Waals surface area contributed by atoms with E-state index >= 15 is 0 Å². The summed E-state index contributed by atoms with van der Waals surface area (Å²) in [5.74, 6) is -1.57. The topological polar surface area (TPSA) is 105 Å². The number of rotatable bonds is 7. The second-order valence-electron chi connectivity index (χ2n) is 13.8. The third-order valence-corrected chi connectivity index (χ3v) is 12.1. The van der Waals surface area contributed by atoms with Crippen molar-refractivity contribution < 1.29 is 38.1 Å². The summed E-state index contributed by atoms with van der Waals surface area (Å²) in [4.78, 5) is 51.8. The van der Waals surface area contributed by atoms with Crippen molar-refractivity contribution in [3.8, 4) is 0 Å². The van der Waals surface area contributed by atoms with E-state index in [-0.39, 0.29) is 37.0 Å². The lowest BCUT2D eigenvalue weighted by atomic mass is 9.66. The molecule has 2 heterocycles. The van der Waals surface area contributed by atoms with Gasteiger partial charge in [-0.05, 0) is 69.8 Å². The number of hydrogen-bond acceptors (Lipinski definition) is 8. The fraction of sp³-hybridized carbons (Fsp3) is 0.800. The van der Waals surface area contributed by atoms with Crippen LogP contribution in [0, 0.1) is 33.5 Å². The summed E-state index contributed by atoms with van der Waals surface area (Å²) in [6, 6.07) is 0. The molecule has 5 fully saturated rings. The minimum Gasteiger partial charge on any atom is -0.462 e. The van der Waals surface area contributed by atoms with Crippen LogP contribution in [-0.4, -0.2) is 48.3 Å². The molecule has 8 heteroatoms. The van der Waals surface area contributed by atoms with E-state index in [0.717, 1.165) is 31.3 Å². The molecule has 4 bridgehead atoms. The number of ether oxygens (including phenoxy) is 4. The molecule has 0 unspecified atom stereocenters. The van der Waals surface area contributed by atoms with Crippen LogP contribution in [0.5, 0.6) is 0 Å². The molecule has 0 radical (unpaired) electrons. The minimum atomic E-state index is -1.26. The van der Waals surface area contributed by atoms with Crippen molar-refractivity contribution in [2.24, 2.45) is 33.5 Å². The van der Waals surface area contributed by atoms with E-state index in [2.05, 4.69) is 6.58 Å². The lowest BCUT2D eigenvalue weighted by Crippen LogP contribution is -2.49. The molecule has 3 aliphatic carbocycles. The second kappa shape index (κ2) is 8.31. The molecule has 8 nitrogen and oxygen atoms in total. The van der Waals surface area contributed by atoms with E-state index in [0.29, 0.717) is 25.7 Å². The van der Waals surface area contributed by atoms with Crippen LogP contribution in [0.15, 0.2) is 12.2 Å². The highest BCUT2D eigenvalue weighted by molar-refractivity contribution is 5.94. The predicted molar refractivity (Wildman–Crippen MR) is 136 cm³/mol. The van der Waals surface area contributed by atoms with Crippen molar-refractivity contribution in [1.29, 1.82) is 0 Å². The summed E-state index contributed by atoms with van der Waals surface area (Å²) >= 11 is 0. The molecule has 0 amide bonds. The van der Waals surface area contributed by atoms with Crippen LogP contribution in [0.3, 0.4) is 0 Å². The summed E-state index contributed by atoms with van der Waals surface area (Å²) in [5, 5.41) is 0. The molecule has 0 N–H and O–H groups in total. The van der Waals surface area contributed by atoms with E-state index in [1.54, 1.807) is 0 Å². The average Bonchev–Trinajstić information content (AvgIpc) is 3.33. The van der Waals surface area contributed by atoms with Gasteiger partial charge in [0.05, 0.1) is 17.4 Å². The van der Waals surface area contributed by atoms with Crippen LogP contribution in [-0.2, 0) is 38.1 Å². The first-order valence-corrected chi connectivity index (χ1v) is 14.1. The Bertz CT molecular complexity index is 1110. The van der Waals surface area contributed by atoms with Crippen LogP contribution < -0.4 is 0 Å². The highest BCUT2D eigenvalue weighted by Gasteiger charge is 2.77. The zero-order valence-electron chi connectivity index (χ0n) is 23.7. The van der Waals surface area contributed by atoms with Gasteiger partial charge < -0.3 is 18.9 Å². The first-order chi connectivity index (χ1) is 17.6. The zero-order chi connectivity index (χ0) is 27.9. The summed E-state index contributed by atoms with van der Waals surface area (Å²) in [6.07, 6.45) is 5.89. The molecule has 38 heavy (non-hydrogen) atoms. The molecule has 210 valence electrons. The number of hydrogen-bond donors (Lipinski definition) is 0.